The smallest absolute Gasteiger partial charge is 0.257 e. The maximum absolute atomic E-state index is 14.1. The van der Waals surface area contributed by atoms with Gasteiger partial charge in [-0.2, -0.15) is 0 Å². The minimum atomic E-state index is -0.475. The van der Waals surface area contributed by atoms with Crippen LogP contribution in [0.5, 0.6) is 11.5 Å². The number of nitrogens with zero attached hydrogens (tertiary/aromatic N) is 5. The van der Waals surface area contributed by atoms with Crippen LogP contribution in [-0.4, -0.2) is 71.5 Å². The summed E-state index contributed by atoms with van der Waals surface area (Å²) >= 11 is 0. The summed E-state index contributed by atoms with van der Waals surface area (Å²) in [7, 11) is 1.71. The van der Waals surface area contributed by atoms with Gasteiger partial charge in [0.05, 0.1) is 11.8 Å². The molecule has 0 N–H and O–H groups in total. The Labute approximate surface area is 220 Å². The largest absolute Gasteiger partial charge is 0.451 e. The molecule has 3 aliphatic rings. The summed E-state index contributed by atoms with van der Waals surface area (Å²) in [5.74, 6) is 1.65. The minimum Gasteiger partial charge on any atom is -0.451 e. The van der Waals surface area contributed by atoms with Crippen LogP contribution in [-0.2, 0) is 0 Å². The van der Waals surface area contributed by atoms with Crippen molar-refractivity contribution in [2.24, 2.45) is 11.3 Å². The van der Waals surface area contributed by atoms with E-state index in [1.165, 1.54) is 89.1 Å². The van der Waals surface area contributed by atoms with Crippen molar-refractivity contribution in [1.82, 2.24) is 19.8 Å². The molecular formula is C29H40FN5O2. The van der Waals surface area contributed by atoms with E-state index in [2.05, 4.69) is 19.8 Å². The van der Waals surface area contributed by atoms with E-state index >= 15 is 0 Å². The van der Waals surface area contributed by atoms with E-state index in [0.717, 1.165) is 24.8 Å². The fraction of sp³-hybridized carbons (Fsp3) is 0.621. The Kier molecular flexibility index (Phi) is 7.65. The monoisotopic (exact) mass is 509 g/mol. The Hall–Kier alpha value is -2.74. The van der Waals surface area contributed by atoms with Crippen LogP contribution in [0.25, 0.3) is 0 Å². The SMILES string of the molecule is CC(C)N(C)C(=O)c1cc(F)ccc1Oc1cncnc1N1CC2(CCN(CC3CCCCC3)CC2)C1. The summed E-state index contributed by atoms with van der Waals surface area (Å²) in [6.45, 7) is 9.37. The highest BCUT2D eigenvalue weighted by atomic mass is 19.1. The van der Waals surface area contributed by atoms with Crippen LogP contribution in [0, 0.1) is 17.2 Å². The number of carbonyl (C=O) groups excluding carboxylic acids is 1. The third-order valence-corrected chi connectivity index (χ3v) is 8.66. The number of halogens is 1. The van der Waals surface area contributed by atoms with E-state index in [1.54, 1.807) is 18.1 Å². The Balaban J connectivity index is 1.24. The van der Waals surface area contributed by atoms with E-state index in [1.807, 2.05) is 13.8 Å². The van der Waals surface area contributed by atoms with Crippen molar-refractivity contribution in [1.29, 1.82) is 0 Å². The molecule has 1 spiro atoms. The summed E-state index contributed by atoms with van der Waals surface area (Å²) in [4.78, 5) is 28.2. The standard InChI is InChI=1S/C29H40FN5O2/c1-21(2)33(3)28(36)24-15-23(30)9-10-25(24)37-26-16-31-20-32-27(26)35-18-29(19-35)11-13-34(14-12-29)17-22-7-5-4-6-8-22/h9-10,15-16,20-22H,4-8,11-14,17-19H2,1-3H3. The number of ether oxygens (including phenoxy) is 1. The van der Waals surface area contributed by atoms with Gasteiger partial charge in [-0.3, -0.25) is 4.79 Å². The number of carbonyl (C=O) groups is 1. The molecule has 2 aliphatic heterocycles. The number of piperidine rings is 1. The van der Waals surface area contributed by atoms with Gasteiger partial charge in [-0.1, -0.05) is 19.3 Å². The molecule has 2 saturated heterocycles. The molecule has 5 rings (SSSR count). The number of hydrogen-bond donors (Lipinski definition) is 0. The van der Waals surface area contributed by atoms with Crippen molar-refractivity contribution < 1.29 is 13.9 Å². The molecule has 1 aromatic heterocycles. The number of rotatable bonds is 7. The van der Waals surface area contributed by atoms with Gasteiger partial charge in [0.15, 0.2) is 11.6 Å². The number of hydrogen-bond acceptors (Lipinski definition) is 6. The van der Waals surface area contributed by atoms with Crippen molar-refractivity contribution in [3.63, 3.8) is 0 Å². The van der Waals surface area contributed by atoms with Crippen LogP contribution < -0.4 is 9.64 Å². The lowest BCUT2D eigenvalue weighted by Gasteiger charge is -2.54. The molecule has 1 aliphatic carbocycles. The molecule has 1 aromatic carbocycles. The van der Waals surface area contributed by atoms with Crippen LogP contribution in [0.1, 0.15) is 69.2 Å². The van der Waals surface area contributed by atoms with E-state index in [4.69, 9.17) is 4.74 Å². The van der Waals surface area contributed by atoms with Crippen molar-refractivity contribution in [2.75, 3.05) is 44.7 Å². The zero-order valence-electron chi connectivity index (χ0n) is 22.5. The van der Waals surface area contributed by atoms with Crippen LogP contribution >= 0.6 is 0 Å². The third kappa shape index (κ3) is 5.74. The second-order valence-corrected chi connectivity index (χ2v) is 11.6. The van der Waals surface area contributed by atoms with Crippen molar-refractivity contribution in [2.45, 2.75) is 64.8 Å². The molecular weight excluding hydrogens is 469 g/mol. The van der Waals surface area contributed by atoms with Gasteiger partial charge in [-0.25, -0.2) is 14.4 Å². The number of aromatic nitrogens is 2. The zero-order chi connectivity index (χ0) is 26.0. The summed E-state index contributed by atoms with van der Waals surface area (Å²) in [5, 5.41) is 0. The van der Waals surface area contributed by atoms with E-state index < -0.39 is 5.82 Å². The second-order valence-electron chi connectivity index (χ2n) is 11.6. The van der Waals surface area contributed by atoms with Crippen molar-refractivity contribution in [3.05, 3.63) is 42.1 Å². The first kappa shape index (κ1) is 25.9. The highest BCUT2D eigenvalue weighted by Gasteiger charge is 2.46. The lowest BCUT2D eigenvalue weighted by molar-refractivity contribution is 0.0627. The molecule has 3 heterocycles. The predicted octanol–water partition coefficient (Wildman–Crippen LogP) is 5.37. The lowest BCUT2D eigenvalue weighted by atomic mass is 9.71. The first-order chi connectivity index (χ1) is 17.8. The van der Waals surface area contributed by atoms with Gasteiger partial charge >= 0.3 is 0 Å². The van der Waals surface area contributed by atoms with Crippen molar-refractivity contribution in [3.8, 4) is 11.5 Å². The van der Waals surface area contributed by atoms with Gasteiger partial charge in [0.2, 0.25) is 0 Å². The highest BCUT2D eigenvalue weighted by Crippen LogP contribution is 2.45. The van der Waals surface area contributed by atoms with Gasteiger partial charge in [-0.15, -0.1) is 0 Å². The highest BCUT2D eigenvalue weighted by molar-refractivity contribution is 5.97. The fourth-order valence-electron chi connectivity index (χ4n) is 6.10. The molecule has 0 atom stereocenters. The third-order valence-electron chi connectivity index (χ3n) is 8.66. The molecule has 0 unspecified atom stereocenters. The van der Waals surface area contributed by atoms with Gasteiger partial charge in [0.25, 0.3) is 5.91 Å². The lowest BCUT2D eigenvalue weighted by Crippen LogP contribution is -2.61. The first-order valence-electron chi connectivity index (χ1n) is 13.9. The number of anilines is 1. The van der Waals surface area contributed by atoms with Gasteiger partial charge in [-0.05, 0) is 76.7 Å². The molecule has 7 nitrogen and oxygen atoms in total. The minimum absolute atomic E-state index is 0.0226. The van der Waals surface area contributed by atoms with Crippen LogP contribution in [0.15, 0.2) is 30.7 Å². The maximum Gasteiger partial charge on any atom is 0.257 e. The molecule has 1 saturated carbocycles. The number of amides is 1. The van der Waals surface area contributed by atoms with E-state index in [9.17, 15) is 9.18 Å². The Bertz CT molecular complexity index is 1090. The normalized spacial score (nSPS) is 20.2. The summed E-state index contributed by atoms with van der Waals surface area (Å²) in [6, 6.07) is 4.03. The average Bonchev–Trinajstić information content (AvgIpc) is 2.89. The van der Waals surface area contributed by atoms with Crippen LogP contribution in [0.4, 0.5) is 10.2 Å². The first-order valence-corrected chi connectivity index (χ1v) is 13.9. The van der Waals surface area contributed by atoms with Crippen LogP contribution in [0.3, 0.4) is 0 Å². The molecule has 200 valence electrons. The molecule has 8 heteroatoms. The number of benzene rings is 1. The Morgan fingerprint density at radius 1 is 1.16 bits per heavy atom. The van der Waals surface area contributed by atoms with Gasteiger partial charge in [0, 0.05) is 38.1 Å². The molecule has 2 aromatic rings. The van der Waals surface area contributed by atoms with E-state index in [-0.39, 0.29) is 17.5 Å². The second kappa shape index (κ2) is 10.9. The Morgan fingerprint density at radius 2 is 1.89 bits per heavy atom. The quantitative estimate of drug-likeness (QED) is 0.500. The average molecular weight is 510 g/mol. The molecule has 37 heavy (non-hydrogen) atoms. The Morgan fingerprint density at radius 3 is 2.59 bits per heavy atom. The van der Waals surface area contributed by atoms with Crippen LogP contribution in [0.2, 0.25) is 0 Å². The molecule has 0 bridgehead atoms. The predicted molar refractivity (Wildman–Crippen MR) is 143 cm³/mol. The topological polar surface area (TPSA) is 61.8 Å². The number of likely N-dealkylation sites (tertiary alicyclic amines) is 1. The van der Waals surface area contributed by atoms with Gasteiger partial charge < -0.3 is 19.4 Å². The summed E-state index contributed by atoms with van der Waals surface area (Å²) in [6.07, 6.45) is 12.6. The maximum atomic E-state index is 14.1. The fourth-order valence-corrected chi connectivity index (χ4v) is 6.10. The zero-order valence-corrected chi connectivity index (χ0v) is 22.5. The van der Waals surface area contributed by atoms with Crippen molar-refractivity contribution >= 4 is 11.7 Å². The molecule has 3 fully saturated rings. The summed E-state index contributed by atoms with van der Waals surface area (Å²) < 4.78 is 20.3. The van der Waals surface area contributed by atoms with E-state index in [0.29, 0.717) is 16.9 Å². The van der Waals surface area contributed by atoms with Gasteiger partial charge in [0.1, 0.15) is 17.9 Å². The summed E-state index contributed by atoms with van der Waals surface area (Å²) in [5.41, 5.74) is 0.527. The molecule has 1 amide bonds. The molecule has 0 radical (unpaired) electrons.